The van der Waals surface area contributed by atoms with Gasteiger partial charge < -0.3 is 72.6 Å². The Morgan fingerprint density at radius 3 is 0.591 bits per heavy atom. The molecule has 0 aliphatic rings. The minimum Gasteiger partial charge on any atom is -0.378 e. The van der Waals surface area contributed by atoms with Crippen molar-refractivity contribution in [2.24, 2.45) is 5.73 Å². The van der Waals surface area contributed by atoms with Gasteiger partial charge in [0, 0.05) is 13.1 Å². The number of nitrogens with two attached hydrogens (primary N) is 1. The minimum absolute atomic E-state index is 0.510. The van der Waals surface area contributed by atoms with Crippen LogP contribution < -0.4 is 11.1 Å². The van der Waals surface area contributed by atoms with Crippen LogP contribution in [0.25, 0.3) is 0 Å². The van der Waals surface area contributed by atoms with E-state index in [2.05, 4.69) is 5.32 Å². The van der Waals surface area contributed by atoms with E-state index in [0.29, 0.717) is 178 Å². The molecule has 0 fully saturated rings. The molecule has 0 radical (unpaired) electrons. The Balaban J connectivity index is 3.03. The highest BCUT2D eigenvalue weighted by atomic mass is 16.6. The number of nitrogens with one attached hydrogen (secondary N) is 1. The number of likely N-dealkylation sites (N-methyl/N-ethyl adjacent to an activating group) is 1. The lowest BCUT2D eigenvalue weighted by Gasteiger charge is -2.09. The van der Waals surface area contributed by atoms with Crippen molar-refractivity contribution in [2.45, 2.75) is 0 Å². The quantitative estimate of drug-likeness (QED) is 0.0809. The van der Waals surface area contributed by atoms with Gasteiger partial charge in [-0.25, -0.2) is 0 Å². The van der Waals surface area contributed by atoms with Crippen molar-refractivity contribution >= 4 is 0 Å². The number of rotatable bonds is 41. The van der Waals surface area contributed by atoms with Crippen LogP contribution in [0.2, 0.25) is 0 Å². The Morgan fingerprint density at radius 1 is 0.273 bits per heavy atom. The van der Waals surface area contributed by atoms with Crippen LogP contribution in [0, 0.1) is 0 Å². The molecule has 15 nitrogen and oxygen atoms in total. The fourth-order valence-electron chi connectivity index (χ4n) is 3.00. The lowest BCUT2D eigenvalue weighted by atomic mass is 10.6. The summed E-state index contributed by atoms with van der Waals surface area (Å²) in [6.07, 6.45) is 0. The molecule has 0 aliphatic carbocycles. The predicted molar refractivity (Wildman–Crippen MR) is 164 cm³/mol. The van der Waals surface area contributed by atoms with Crippen molar-refractivity contribution in [1.29, 1.82) is 0 Å². The summed E-state index contributed by atoms with van der Waals surface area (Å²) in [5.41, 5.74) is 5.33. The molecular weight excluding hydrogens is 584 g/mol. The monoisotopic (exact) mass is 646 g/mol. The molecule has 0 spiro atoms. The van der Waals surface area contributed by atoms with Gasteiger partial charge in [-0.15, -0.1) is 0 Å². The molecule has 0 bridgehead atoms. The standard InChI is InChI=1S/C29H62N2O13/c1-31-3-5-33-7-9-35-11-13-37-15-17-39-19-21-41-23-25-43-27-29-44-28-26-42-24-22-40-20-18-38-16-14-36-12-10-34-8-6-32-4-2-30/h31H,2-30H2,1H3. The molecule has 266 valence electrons. The van der Waals surface area contributed by atoms with E-state index in [1.165, 1.54) is 0 Å². The van der Waals surface area contributed by atoms with Gasteiger partial charge in [0.2, 0.25) is 0 Å². The van der Waals surface area contributed by atoms with E-state index in [4.69, 9.17) is 67.3 Å². The lowest BCUT2D eigenvalue weighted by Crippen LogP contribution is -2.17. The fraction of sp³-hybridized carbons (Fsp3) is 1.00. The Hall–Kier alpha value is -0.600. The highest BCUT2D eigenvalue weighted by molar-refractivity contribution is 4.40. The maximum atomic E-state index is 5.48. The second kappa shape index (κ2) is 42.4. The first-order valence-electron chi connectivity index (χ1n) is 15.8. The van der Waals surface area contributed by atoms with Crippen molar-refractivity contribution in [2.75, 3.05) is 192 Å². The van der Waals surface area contributed by atoms with Gasteiger partial charge in [-0.2, -0.15) is 0 Å². The van der Waals surface area contributed by atoms with Crippen molar-refractivity contribution in [3.05, 3.63) is 0 Å². The summed E-state index contributed by atoms with van der Waals surface area (Å²) in [5.74, 6) is 0. The predicted octanol–water partition coefficient (Wildman–Crippen LogP) is -0.620. The Labute approximate surface area is 264 Å². The molecule has 0 saturated carbocycles. The highest BCUT2D eigenvalue weighted by Crippen LogP contribution is 1.87. The number of hydrogen-bond donors (Lipinski definition) is 2. The van der Waals surface area contributed by atoms with Gasteiger partial charge in [-0.1, -0.05) is 0 Å². The van der Waals surface area contributed by atoms with Gasteiger partial charge in [0.15, 0.2) is 0 Å². The molecule has 0 heterocycles. The first kappa shape index (κ1) is 43.4. The van der Waals surface area contributed by atoms with E-state index < -0.39 is 0 Å². The summed E-state index contributed by atoms with van der Waals surface area (Å²) in [7, 11) is 1.89. The third-order valence-corrected chi connectivity index (χ3v) is 5.22. The van der Waals surface area contributed by atoms with Crippen LogP contribution in [-0.2, 0) is 61.6 Å². The molecule has 0 saturated heterocycles. The van der Waals surface area contributed by atoms with Crippen molar-refractivity contribution in [3.8, 4) is 0 Å². The first-order valence-corrected chi connectivity index (χ1v) is 15.8. The average molecular weight is 647 g/mol. The van der Waals surface area contributed by atoms with Crippen LogP contribution >= 0.6 is 0 Å². The van der Waals surface area contributed by atoms with Crippen LogP contribution in [0.1, 0.15) is 0 Å². The molecule has 0 unspecified atom stereocenters. The van der Waals surface area contributed by atoms with Crippen molar-refractivity contribution in [1.82, 2.24) is 5.32 Å². The average Bonchev–Trinajstić information content (AvgIpc) is 3.04. The highest BCUT2D eigenvalue weighted by Gasteiger charge is 1.97. The van der Waals surface area contributed by atoms with E-state index in [-0.39, 0.29) is 0 Å². The Kier molecular flexibility index (Phi) is 41.8. The second-order valence-corrected chi connectivity index (χ2v) is 8.85. The normalized spacial score (nSPS) is 11.6. The Morgan fingerprint density at radius 2 is 0.432 bits per heavy atom. The van der Waals surface area contributed by atoms with Crippen LogP contribution in [0.5, 0.6) is 0 Å². The SMILES string of the molecule is CNCCOCCOCCOCCOCCOCCOCCOCCOCCOCCOCCOCCOCCOCCN. The molecule has 0 atom stereocenters. The van der Waals surface area contributed by atoms with E-state index in [1.807, 2.05) is 7.05 Å². The summed E-state index contributed by atoms with van der Waals surface area (Å²) in [4.78, 5) is 0. The van der Waals surface area contributed by atoms with Gasteiger partial charge in [0.25, 0.3) is 0 Å². The van der Waals surface area contributed by atoms with E-state index >= 15 is 0 Å². The Bertz CT molecular complexity index is 460. The molecule has 0 aliphatic heterocycles. The summed E-state index contributed by atoms with van der Waals surface area (Å²) in [6.45, 7) is 15.3. The second-order valence-electron chi connectivity index (χ2n) is 8.85. The zero-order valence-electron chi connectivity index (χ0n) is 27.2. The van der Waals surface area contributed by atoms with E-state index in [1.54, 1.807) is 0 Å². The molecule has 44 heavy (non-hydrogen) atoms. The number of hydrogen-bond acceptors (Lipinski definition) is 15. The summed E-state index contributed by atoms with van der Waals surface area (Å²) in [6, 6.07) is 0. The molecule has 15 heteroatoms. The van der Waals surface area contributed by atoms with E-state index in [9.17, 15) is 0 Å². The largest absolute Gasteiger partial charge is 0.378 e. The lowest BCUT2D eigenvalue weighted by molar-refractivity contribution is -0.0289. The van der Waals surface area contributed by atoms with E-state index in [0.717, 1.165) is 6.54 Å². The molecule has 0 amide bonds. The third-order valence-electron chi connectivity index (χ3n) is 5.22. The molecule has 0 aromatic carbocycles. The maximum absolute atomic E-state index is 5.48. The van der Waals surface area contributed by atoms with Gasteiger partial charge in [-0.05, 0) is 7.05 Å². The summed E-state index contributed by atoms with van der Waals surface area (Å²) < 4.78 is 70.5. The first-order chi connectivity index (χ1) is 21.9. The number of ether oxygens (including phenoxy) is 13. The van der Waals surface area contributed by atoms with Crippen LogP contribution in [0.4, 0.5) is 0 Å². The van der Waals surface area contributed by atoms with Gasteiger partial charge in [-0.3, -0.25) is 0 Å². The zero-order valence-corrected chi connectivity index (χ0v) is 27.2. The molecule has 0 aromatic rings. The van der Waals surface area contributed by atoms with Gasteiger partial charge in [0.05, 0.1) is 172 Å². The topological polar surface area (TPSA) is 158 Å². The molecule has 0 aromatic heterocycles. The fourth-order valence-corrected chi connectivity index (χ4v) is 3.00. The third kappa shape index (κ3) is 41.4. The minimum atomic E-state index is 0.510. The zero-order chi connectivity index (χ0) is 31.7. The van der Waals surface area contributed by atoms with Gasteiger partial charge in [0.1, 0.15) is 0 Å². The summed E-state index contributed by atoms with van der Waals surface area (Å²) in [5, 5.41) is 3.02. The summed E-state index contributed by atoms with van der Waals surface area (Å²) >= 11 is 0. The van der Waals surface area contributed by atoms with Crippen molar-refractivity contribution < 1.29 is 61.6 Å². The smallest absolute Gasteiger partial charge is 0.0701 e. The molecular formula is C29H62N2O13. The van der Waals surface area contributed by atoms with Crippen molar-refractivity contribution in [3.63, 3.8) is 0 Å². The van der Waals surface area contributed by atoms with Gasteiger partial charge >= 0.3 is 0 Å². The van der Waals surface area contributed by atoms with Crippen LogP contribution in [-0.4, -0.2) is 192 Å². The molecule has 3 N–H and O–H groups in total. The molecule has 0 rings (SSSR count). The maximum Gasteiger partial charge on any atom is 0.0701 e. The van der Waals surface area contributed by atoms with Crippen LogP contribution in [0.3, 0.4) is 0 Å². The van der Waals surface area contributed by atoms with Crippen LogP contribution in [0.15, 0.2) is 0 Å².